The fraction of sp³-hybridized carbons (Fsp3) is 0.200. The predicted molar refractivity (Wildman–Crippen MR) is 114 cm³/mol. The van der Waals surface area contributed by atoms with Crippen molar-refractivity contribution in [3.05, 3.63) is 64.7 Å². The number of hydrogen-bond donors (Lipinski definition) is 2. The SMILES string of the molecule is CCc1nnc(NC(=O)c2ccccc2NC(=O)CSc2ccc(C)cc2)s1. The molecule has 1 aromatic heterocycles. The van der Waals surface area contributed by atoms with Gasteiger partial charge in [-0.3, -0.25) is 14.9 Å². The molecule has 1 heterocycles. The number of thioether (sulfide) groups is 1. The third kappa shape index (κ3) is 5.40. The molecule has 0 fully saturated rings. The van der Waals surface area contributed by atoms with Crippen LogP contribution in [0.4, 0.5) is 10.8 Å². The number of nitrogens with zero attached hydrogens (tertiary/aromatic N) is 2. The van der Waals surface area contributed by atoms with Gasteiger partial charge in [-0.15, -0.1) is 22.0 Å². The highest BCUT2D eigenvalue weighted by molar-refractivity contribution is 8.00. The number of carbonyl (C=O) groups is 2. The molecule has 2 aromatic carbocycles. The molecule has 6 nitrogen and oxygen atoms in total. The van der Waals surface area contributed by atoms with Crippen molar-refractivity contribution < 1.29 is 9.59 Å². The first-order valence-electron chi connectivity index (χ1n) is 8.77. The molecule has 0 aliphatic rings. The number of para-hydroxylation sites is 1. The van der Waals surface area contributed by atoms with Crippen LogP contribution in [0.1, 0.15) is 27.9 Å². The average Bonchev–Trinajstić information content (AvgIpc) is 3.15. The first kappa shape index (κ1) is 20.0. The summed E-state index contributed by atoms with van der Waals surface area (Å²) < 4.78 is 0. The van der Waals surface area contributed by atoms with E-state index in [4.69, 9.17) is 0 Å². The van der Waals surface area contributed by atoms with Crippen LogP contribution < -0.4 is 10.6 Å². The maximum Gasteiger partial charge on any atom is 0.259 e. The third-order valence-electron chi connectivity index (χ3n) is 3.83. The van der Waals surface area contributed by atoms with Crippen molar-refractivity contribution in [3.63, 3.8) is 0 Å². The summed E-state index contributed by atoms with van der Waals surface area (Å²) in [4.78, 5) is 26.0. The topological polar surface area (TPSA) is 84.0 Å². The fourth-order valence-corrected chi connectivity index (χ4v) is 3.74. The highest BCUT2D eigenvalue weighted by atomic mass is 32.2. The summed E-state index contributed by atoms with van der Waals surface area (Å²) in [5.41, 5.74) is 2.02. The van der Waals surface area contributed by atoms with Gasteiger partial charge in [-0.1, -0.05) is 48.1 Å². The Morgan fingerprint density at radius 1 is 1.04 bits per heavy atom. The molecule has 144 valence electrons. The Morgan fingerprint density at radius 2 is 1.79 bits per heavy atom. The van der Waals surface area contributed by atoms with Gasteiger partial charge in [-0.2, -0.15) is 0 Å². The van der Waals surface area contributed by atoms with Gasteiger partial charge in [-0.05, 0) is 37.6 Å². The minimum Gasteiger partial charge on any atom is -0.325 e. The molecule has 3 rings (SSSR count). The molecule has 0 spiro atoms. The molecule has 0 unspecified atom stereocenters. The summed E-state index contributed by atoms with van der Waals surface area (Å²) in [7, 11) is 0. The van der Waals surface area contributed by atoms with E-state index in [2.05, 4.69) is 20.8 Å². The highest BCUT2D eigenvalue weighted by Gasteiger charge is 2.15. The first-order chi connectivity index (χ1) is 13.5. The van der Waals surface area contributed by atoms with Crippen LogP contribution in [0.2, 0.25) is 0 Å². The van der Waals surface area contributed by atoms with E-state index in [1.54, 1.807) is 24.3 Å². The Balaban J connectivity index is 1.63. The lowest BCUT2D eigenvalue weighted by Gasteiger charge is -2.10. The summed E-state index contributed by atoms with van der Waals surface area (Å²) >= 11 is 2.79. The molecular weight excluding hydrogens is 392 g/mol. The lowest BCUT2D eigenvalue weighted by Crippen LogP contribution is -2.19. The number of anilines is 2. The minimum absolute atomic E-state index is 0.171. The molecular formula is C20H20N4O2S2. The summed E-state index contributed by atoms with van der Waals surface area (Å²) in [6.07, 6.45) is 0.763. The summed E-state index contributed by atoms with van der Waals surface area (Å²) in [6, 6.07) is 14.9. The van der Waals surface area contributed by atoms with Gasteiger partial charge in [0.1, 0.15) is 5.01 Å². The van der Waals surface area contributed by atoms with Gasteiger partial charge >= 0.3 is 0 Å². The predicted octanol–water partition coefficient (Wildman–Crippen LogP) is 4.39. The van der Waals surface area contributed by atoms with Crippen LogP contribution in [-0.2, 0) is 11.2 Å². The van der Waals surface area contributed by atoms with Crippen LogP contribution in [-0.4, -0.2) is 27.8 Å². The molecule has 0 aliphatic heterocycles. The second kappa shape index (κ2) is 9.48. The van der Waals surface area contributed by atoms with E-state index >= 15 is 0 Å². The maximum absolute atomic E-state index is 12.6. The van der Waals surface area contributed by atoms with Crippen LogP contribution in [0, 0.1) is 6.92 Å². The fourth-order valence-electron chi connectivity index (χ4n) is 2.37. The van der Waals surface area contributed by atoms with Crippen LogP contribution in [0.3, 0.4) is 0 Å². The number of aromatic nitrogens is 2. The Hall–Kier alpha value is -2.71. The van der Waals surface area contributed by atoms with Gasteiger partial charge in [0, 0.05) is 4.90 Å². The molecule has 0 atom stereocenters. The number of benzene rings is 2. The maximum atomic E-state index is 12.6. The Bertz CT molecular complexity index is 970. The first-order valence-corrected chi connectivity index (χ1v) is 10.6. The van der Waals surface area contributed by atoms with E-state index in [0.717, 1.165) is 16.3 Å². The van der Waals surface area contributed by atoms with E-state index in [9.17, 15) is 9.59 Å². The molecule has 8 heteroatoms. The van der Waals surface area contributed by atoms with E-state index in [-0.39, 0.29) is 17.6 Å². The number of nitrogens with one attached hydrogen (secondary N) is 2. The molecule has 3 aromatic rings. The monoisotopic (exact) mass is 412 g/mol. The molecule has 0 aliphatic carbocycles. The molecule has 2 amide bonds. The summed E-state index contributed by atoms with van der Waals surface area (Å²) in [5.74, 6) is -0.245. The molecule has 28 heavy (non-hydrogen) atoms. The van der Waals surface area contributed by atoms with E-state index in [0.29, 0.717) is 16.4 Å². The summed E-state index contributed by atoms with van der Waals surface area (Å²) in [6.45, 7) is 4.00. The van der Waals surface area contributed by atoms with Crippen molar-refractivity contribution in [2.24, 2.45) is 0 Å². The van der Waals surface area contributed by atoms with E-state index in [1.807, 2.05) is 38.1 Å². The van der Waals surface area contributed by atoms with Crippen LogP contribution >= 0.6 is 23.1 Å². The number of aryl methyl sites for hydroxylation is 2. The molecule has 0 saturated carbocycles. The van der Waals surface area contributed by atoms with Crippen molar-refractivity contribution in [1.82, 2.24) is 10.2 Å². The second-order valence-electron chi connectivity index (χ2n) is 6.00. The molecule has 0 bridgehead atoms. The molecule has 0 saturated heterocycles. The number of amides is 2. The zero-order chi connectivity index (χ0) is 19.9. The van der Waals surface area contributed by atoms with Gasteiger partial charge in [0.2, 0.25) is 11.0 Å². The highest BCUT2D eigenvalue weighted by Crippen LogP contribution is 2.22. The number of carbonyl (C=O) groups excluding carboxylic acids is 2. The quantitative estimate of drug-likeness (QED) is 0.562. The van der Waals surface area contributed by atoms with E-state index < -0.39 is 0 Å². The zero-order valence-corrected chi connectivity index (χ0v) is 17.2. The van der Waals surface area contributed by atoms with Gasteiger partial charge in [0.15, 0.2) is 0 Å². The molecule has 0 radical (unpaired) electrons. The Kier molecular flexibility index (Phi) is 6.78. The van der Waals surface area contributed by atoms with Gasteiger partial charge < -0.3 is 5.32 Å². The Morgan fingerprint density at radius 3 is 2.50 bits per heavy atom. The molecule has 2 N–H and O–H groups in total. The largest absolute Gasteiger partial charge is 0.325 e. The van der Waals surface area contributed by atoms with Crippen LogP contribution in [0.5, 0.6) is 0 Å². The van der Waals surface area contributed by atoms with Crippen LogP contribution in [0.15, 0.2) is 53.4 Å². The van der Waals surface area contributed by atoms with Crippen LogP contribution in [0.25, 0.3) is 0 Å². The zero-order valence-electron chi connectivity index (χ0n) is 15.6. The smallest absolute Gasteiger partial charge is 0.259 e. The average molecular weight is 413 g/mol. The standard InChI is InChI=1S/C20H20N4O2S2/c1-3-18-23-24-20(28-18)22-19(26)15-6-4-5-7-16(15)21-17(25)12-27-14-10-8-13(2)9-11-14/h4-11H,3,12H2,1-2H3,(H,21,25)(H,22,24,26). The van der Waals surface area contributed by atoms with Crippen molar-refractivity contribution in [3.8, 4) is 0 Å². The minimum atomic E-state index is -0.333. The Labute approximate surface area is 171 Å². The lowest BCUT2D eigenvalue weighted by molar-refractivity contribution is -0.113. The number of rotatable bonds is 7. The van der Waals surface area contributed by atoms with Crippen molar-refractivity contribution >= 4 is 45.7 Å². The second-order valence-corrected chi connectivity index (χ2v) is 8.11. The van der Waals surface area contributed by atoms with Crippen molar-refractivity contribution in [2.45, 2.75) is 25.2 Å². The van der Waals surface area contributed by atoms with Gasteiger partial charge in [0.25, 0.3) is 5.91 Å². The normalized spacial score (nSPS) is 10.5. The number of hydrogen-bond acceptors (Lipinski definition) is 6. The van der Waals surface area contributed by atoms with Gasteiger partial charge in [-0.25, -0.2) is 0 Å². The van der Waals surface area contributed by atoms with Crippen molar-refractivity contribution in [1.29, 1.82) is 0 Å². The lowest BCUT2D eigenvalue weighted by atomic mass is 10.1. The van der Waals surface area contributed by atoms with Gasteiger partial charge in [0.05, 0.1) is 17.0 Å². The summed E-state index contributed by atoms with van der Waals surface area (Å²) in [5, 5.41) is 14.8. The van der Waals surface area contributed by atoms with E-state index in [1.165, 1.54) is 28.7 Å². The van der Waals surface area contributed by atoms with Crippen molar-refractivity contribution in [2.75, 3.05) is 16.4 Å². The third-order valence-corrected chi connectivity index (χ3v) is 5.82.